The summed E-state index contributed by atoms with van der Waals surface area (Å²) in [6.45, 7) is 4.04. The van der Waals surface area contributed by atoms with Gasteiger partial charge in [-0.25, -0.2) is 4.98 Å². The van der Waals surface area contributed by atoms with Crippen molar-refractivity contribution in [3.8, 4) is 5.88 Å². The fourth-order valence-corrected chi connectivity index (χ4v) is 4.60. The SMILES string of the molecule is O=C(c1cccnc1O[C@@H]1CCOC1)N1CCN(c2nsc3ccccc23)CC1. The zero-order valence-electron chi connectivity index (χ0n) is 16.0. The van der Waals surface area contributed by atoms with Crippen molar-refractivity contribution in [1.29, 1.82) is 0 Å². The molecule has 0 aliphatic carbocycles. The number of ether oxygens (including phenoxy) is 2. The Kier molecular flexibility index (Phi) is 5.03. The van der Waals surface area contributed by atoms with Crippen LogP contribution in [0.5, 0.6) is 5.88 Å². The first kappa shape index (κ1) is 18.3. The van der Waals surface area contributed by atoms with E-state index < -0.39 is 0 Å². The number of rotatable bonds is 4. The molecule has 5 rings (SSSR count). The molecular formula is C21H22N4O3S. The van der Waals surface area contributed by atoms with E-state index in [0.717, 1.165) is 25.3 Å². The molecule has 0 radical (unpaired) electrons. The van der Waals surface area contributed by atoms with Gasteiger partial charge in [-0.05, 0) is 35.8 Å². The number of piperazine rings is 1. The van der Waals surface area contributed by atoms with Gasteiger partial charge in [-0.1, -0.05) is 12.1 Å². The van der Waals surface area contributed by atoms with Crippen LogP contribution in [0.3, 0.4) is 0 Å². The quantitative estimate of drug-likeness (QED) is 0.659. The number of amides is 1. The maximum Gasteiger partial charge on any atom is 0.259 e. The molecule has 1 amide bonds. The van der Waals surface area contributed by atoms with Gasteiger partial charge < -0.3 is 19.3 Å². The van der Waals surface area contributed by atoms with E-state index in [2.05, 4.69) is 26.4 Å². The molecule has 29 heavy (non-hydrogen) atoms. The number of fused-ring (bicyclic) bond motifs is 1. The summed E-state index contributed by atoms with van der Waals surface area (Å²) in [5, 5.41) is 1.18. The monoisotopic (exact) mass is 410 g/mol. The maximum atomic E-state index is 13.1. The van der Waals surface area contributed by atoms with E-state index in [1.54, 1.807) is 18.3 Å². The van der Waals surface area contributed by atoms with Crippen molar-refractivity contribution in [3.63, 3.8) is 0 Å². The van der Waals surface area contributed by atoms with Gasteiger partial charge in [0, 0.05) is 44.2 Å². The average molecular weight is 410 g/mol. The third kappa shape index (κ3) is 3.65. The van der Waals surface area contributed by atoms with Gasteiger partial charge in [0.15, 0.2) is 0 Å². The van der Waals surface area contributed by atoms with Gasteiger partial charge in [0.1, 0.15) is 17.5 Å². The molecule has 2 saturated heterocycles. The fraction of sp³-hybridized carbons (Fsp3) is 0.381. The Morgan fingerprint density at radius 1 is 1.14 bits per heavy atom. The van der Waals surface area contributed by atoms with Crippen molar-refractivity contribution < 1.29 is 14.3 Å². The summed E-state index contributed by atoms with van der Waals surface area (Å²) < 4.78 is 17.1. The summed E-state index contributed by atoms with van der Waals surface area (Å²) in [5.41, 5.74) is 0.520. The summed E-state index contributed by atoms with van der Waals surface area (Å²) in [5.74, 6) is 1.39. The number of nitrogens with zero attached hydrogens (tertiary/aromatic N) is 4. The van der Waals surface area contributed by atoms with E-state index in [1.807, 2.05) is 17.0 Å². The Labute approximate surface area is 173 Å². The Balaban J connectivity index is 1.28. The molecule has 2 aliphatic heterocycles. The predicted octanol–water partition coefficient (Wildman–Crippen LogP) is 2.82. The molecule has 1 atom stereocenters. The van der Waals surface area contributed by atoms with Gasteiger partial charge in [0.25, 0.3) is 5.91 Å². The smallest absolute Gasteiger partial charge is 0.259 e. The van der Waals surface area contributed by atoms with Crippen molar-refractivity contribution in [2.45, 2.75) is 12.5 Å². The number of carbonyl (C=O) groups excluding carboxylic acids is 1. The minimum absolute atomic E-state index is 0.0326. The van der Waals surface area contributed by atoms with E-state index in [4.69, 9.17) is 9.47 Å². The Hall–Kier alpha value is -2.71. The van der Waals surface area contributed by atoms with Crippen LogP contribution in [-0.4, -0.2) is 65.7 Å². The van der Waals surface area contributed by atoms with Crippen molar-refractivity contribution in [2.24, 2.45) is 0 Å². The highest BCUT2D eigenvalue weighted by Crippen LogP contribution is 2.30. The minimum atomic E-state index is -0.0359. The first-order valence-electron chi connectivity index (χ1n) is 9.87. The second-order valence-corrected chi connectivity index (χ2v) is 8.05. The number of pyridine rings is 1. The van der Waals surface area contributed by atoms with Crippen LogP contribution in [-0.2, 0) is 4.74 Å². The van der Waals surface area contributed by atoms with E-state index in [9.17, 15) is 4.79 Å². The summed E-state index contributed by atoms with van der Waals surface area (Å²) in [7, 11) is 0. The number of hydrogen-bond acceptors (Lipinski definition) is 7. The van der Waals surface area contributed by atoms with Gasteiger partial charge in [-0.3, -0.25) is 4.79 Å². The number of anilines is 1. The lowest BCUT2D eigenvalue weighted by Crippen LogP contribution is -2.49. The molecule has 7 nitrogen and oxygen atoms in total. The standard InChI is InChI=1S/C21H22N4O3S/c26-21(17-5-3-8-22-20(17)28-15-7-13-27-14-15)25-11-9-24(10-12-25)19-16-4-1-2-6-18(16)29-23-19/h1-6,8,15H,7,9-14H2/t15-/m1/s1. The van der Waals surface area contributed by atoms with E-state index >= 15 is 0 Å². The van der Waals surface area contributed by atoms with Crippen LogP contribution < -0.4 is 9.64 Å². The number of carbonyl (C=O) groups is 1. The van der Waals surface area contributed by atoms with Gasteiger partial charge >= 0.3 is 0 Å². The van der Waals surface area contributed by atoms with Gasteiger partial charge in [-0.2, -0.15) is 4.37 Å². The second kappa shape index (κ2) is 7.96. The number of hydrogen-bond donors (Lipinski definition) is 0. The molecule has 1 aromatic carbocycles. The highest BCUT2D eigenvalue weighted by Gasteiger charge is 2.28. The van der Waals surface area contributed by atoms with Gasteiger partial charge in [0.2, 0.25) is 5.88 Å². The van der Waals surface area contributed by atoms with Crippen LogP contribution in [0.1, 0.15) is 16.8 Å². The molecule has 8 heteroatoms. The molecule has 150 valence electrons. The lowest BCUT2D eigenvalue weighted by atomic mass is 10.2. The molecule has 4 heterocycles. The lowest BCUT2D eigenvalue weighted by Gasteiger charge is -2.35. The zero-order chi connectivity index (χ0) is 19.6. The van der Waals surface area contributed by atoms with E-state index in [0.29, 0.717) is 37.7 Å². The summed E-state index contributed by atoms with van der Waals surface area (Å²) >= 11 is 1.52. The third-order valence-corrected chi connectivity index (χ3v) is 6.21. The Morgan fingerprint density at radius 2 is 2.00 bits per heavy atom. The van der Waals surface area contributed by atoms with Crippen molar-refractivity contribution in [2.75, 3.05) is 44.3 Å². The molecule has 0 spiro atoms. The maximum absolute atomic E-state index is 13.1. The third-order valence-electron chi connectivity index (χ3n) is 5.39. The van der Waals surface area contributed by atoms with E-state index in [-0.39, 0.29) is 12.0 Å². The first-order valence-corrected chi connectivity index (χ1v) is 10.6. The van der Waals surface area contributed by atoms with Crippen molar-refractivity contribution in [1.82, 2.24) is 14.3 Å². The Morgan fingerprint density at radius 3 is 2.83 bits per heavy atom. The highest BCUT2D eigenvalue weighted by molar-refractivity contribution is 7.13. The van der Waals surface area contributed by atoms with Crippen LogP contribution in [0.2, 0.25) is 0 Å². The predicted molar refractivity (Wildman–Crippen MR) is 112 cm³/mol. The topological polar surface area (TPSA) is 67.8 Å². The van der Waals surface area contributed by atoms with Gasteiger partial charge in [0.05, 0.1) is 17.9 Å². The molecule has 2 aromatic heterocycles. The first-order chi connectivity index (χ1) is 14.3. The molecule has 2 aliphatic rings. The summed E-state index contributed by atoms with van der Waals surface area (Å²) in [6, 6.07) is 11.8. The molecule has 0 saturated carbocycles. The van der Waals surface area contributed by atoms with Crippen molar-refractivity contribution >= 4 is 33.3 Å². The molecule has 0 unspecified atom stereocenters. The second-order valence-electron chi connectivity index (χ2n) is 7.24. The Bertz CT molecular complexity index is 1010. The summed E-state index contributed by atoms with van der Waals surface area (Å²) in [4.78, 5) is 21.6. The molecule has 3 aromatic rings. The molecule has 2 fully saturated rings. The minimum Gasteiger partial charge on any atom is -0.471 e. The van der Waals surface area contributed by atoms with Gasteiger partial charge in [-0.15, -0.1) is 0 Å². The van der Waals surface area contributed by atoms with Crippen LogP contribution in [0.15, 0.2) is 42.6 Å². The lowest BCUT2D eigenvalue weighted by molar-refractivity contribution is 0.0735. The average Bonchev–Trinajstić information content (AvgIpc) is 3.44. The van der Waals surface area contributed by atoms with Crippen LogP contribution in [0.25, 0.3) is 10.1 Å². The molecular weight excluding hydrogens is 388 g/mol. The molecule has 0 bridgehead atoms. The zero-order valence-corrected chi connectivity index (χ0v) is 16.8. The van der Waals surface area contributed by atoms with Crippen LogP contribution in [0, 0.1) is 0 Å². The van der Waals surface area contributed by atoms with Crippen LogP contribution >= 0.6 is 11.5 Å². The van der Waals surface area contributed by atoms with Crippen molar-refractivity contribution in [3.05, 3.63) is 48.2 Å². The van der Waals surface area contributed by atoms with Crippen LogP contribution in [0.4, 0.5) is 5.82 Å². The number of aromatic nitrogens is 2. The normalized spacial score (nSPS) is 19.7. The number of benzene rings is 1. The largest absolute Gasteiger partial charge is 0.471 e. The van der Waals surface area contributed by atoms with E-state index in [1.165, 1.54) is 21.6 Å². The highest BCUT2D eigenvalue weighted by atomic mass is 32.1. The summed E-state index contributed by atoms with van der Waals surface area (Å²) in [6.07, 6.45) is 2.45. The molecule has 0 N–H and O–H groups in total. The fourth-order valence-electron chi connectivity index (χ4n) is 3.80.